The van der Waals surface area contributed by atoms with Crippen LogP contribution in [-0.4, -0.2) is 50.6 Å². The zero-order chi connectivity index (χ0) is 23.5. The molecule has 2 aromatic carbocycles. The van der Waals surface area contributed by atoms with E-state index in [0.717, 1.165) is 24.3 Å². The maximum Gasteiger partial charge on any atom is 0.317 e. The predicted molar refractivity (Wildman–Crippen MR) is 119 cm³/mol. The average Bonchev–Trinajstić information content (AvgIpc) is 3.76. The SMILES string of the molecule is CC.O=C(CC(=O)OCc1cccc(OCC2CO2)c1)OCc1cccc(OCC2CO2)c1. The van der Waals surface area contributed by atoms with Gasteiger partial charge in [-0.2, -0.15) is 0 Å². The van der Waals surface area contributed by atoms with E-state index in [-0.39, 0.29) is 25.4 Å². The van der Waals surface area contributed by atoms with E-state index in [1.54, 1.807) is 12.1 Å². The molecule has 0 spiro atoms. The molecule has 0 saturated carbocycles. The van der Waals surface area contributed by atoms with E-state index in [1.165, 1.54) is 0 Å². The first-order valence-corrected chi connectivity index (χ1v) is 11.1. The fourth-order valence-corrected chi connectivity index (χ4v) is 2.70. The Morgan fingerprint density at radius 2 is 1.21 bits per heavy atom. The lowest BCUT2D eigenvalue weighted by molar-refractivity contribution is -0.156. The molecular formula is C25H30O8. The van der Waals surface area contributed by atoms with Gasteiger partial charge in [0.25, 0.3) is 0 Å². The minimum absolute atomic E-state index is 0.0489. The van der Waals surface area contributed by atoms with Gasteiger partial charge in [0.05, 0.1) is 13.2 Å². The number of ether oxygens (including phenoxy) is 6. The summed E-state index contributed by atoms with van der Waals surface area (Å²) in [5.74, 6) is 0.0621. The Morgan fingerprint density at radius 1 is 0.788 bits per heavy atom. The molecule has 2 unspecified atom stereocenters. The van der Waals surface area contributed by atoms with Crippen molar-refractivity contribution in [2.24, 2.45) is 0 Å². The Balaban J connectivity index is 0.00000149. The van der Waals surface area contributed by atoms with Gasteiger partial charge >= 0.3 is 11.9 Å². The highest BCUT2D eigenvalue weighted by atomic mass is 16.6. The van der Waals surface area contributed by atoms with Gasteiger partial charge in [-0.1, -0.05) is 38.1 Å². The van der Waals surface area contributed by atoms with Crippen molar-refractivity contribution in [2.75, 3.05) is 26.4 Å². The van der Waals surface area contributed by atoms with Gasteiger partial charge in [-0.05, 0) is 35.4 Å². The summed E-state index contributed by atoms with van der Waals surface area (Å²) in [5.41, 5.74) is 1.54. The van der Waals surface area contributed by atoms with Crippen molar-refractivity contribution >= 4 is 11.9 Å². The third-order valence-corrected chi connectivity index (χ3v) is 4.56. The molecule has 2 atom stereocenters. The van der Waals surface area contributed by atoms with Crippen molar-refractivity contribution in [3.8, 4) is 11.5 Å². The quantitative estimate of drug-likeness (QED) is 0.271. The lowest BCUT2D eigenvalue weighted by atomic mass is 10.2. The molecule has 2 aromatic rings. The van der Waals surface area contributed by atoms with Crippen molar-refractivity contribution in [1.82, 2.24) is 0 Å². The fraction of sp³-hybridized carbons (Fsp3) is 0.440. The zero-order valence-electron chi connectivity index (χ0n) is 19.0. The van der Waals surface area contributed by atoms with Gasteiger partial charge in [0.1, 0.15) is 56.6 Å². The van der Waals surface area contributed by atoms with Gasteiger partial charge in [0, 0.05) is 0 Å². The summed E-state index contributed by atoms with van der Waals surface area (Å²) < 4.78 is 31.7. The predicted octanol–water partition coefficient (Wildman–Crippen LogP) is 3.44. The summed E-state index contributed by atoms with van der Waals surface area (Å²) in [7, 11) is 0. The lowest BCUT2D eigenvalue weighted by Gasteiger charge is -2.09. The first-order valence-electron chi connectivity index (χ1n) is 11.1. The van der Waals surface area contributed by atoms with Gasteiger partial charge in [0.2, 0.25) is 0 Å². The second-order valence-electron chi connectivity index (χ2n) is 7.33. The minimum Gasteiger partial charge on any atom is -0.491 e. The molecule has 8 nitrogen and oxygen atoms in total. The Labute approximate surface area is 193 Å². The Kier molecular flexibility index (Phi) is 9.53. The van der Waals surface area contributed by atoms with E-state index in [9.17, 15) is 9.59 Å². The lowest BCUT2D eigenvalue weighted by Crippen LogP contribution is -2.14. The largest absolute Gasteiger partial charge is 0.491 e. The van der Waals surface area contributed by atoms with E-state index >= 15 is 0 Å². The summed E-state index contributed by atoms with van der Waals surface area (Å²) in [6, 6.07) is 14.5. The number of epoxide rings is 2. The van der Waals surface area contributed by atoms with Crippen LogP contribution in [0.25, 0.3) is 0 Å². The summed E-state index contributed by atoms with van der Waals surface area (Å²) in [6.45, 7) is 6.55. The summed E-state index contributed by atoms with van der Waals surface area (Å²) in [6.07, 6.45) is -0.121. The molecule has 0 amide bonds. The highest BCUT2D eigenvalue weighted by Gasteiger charge is 2.23. The summed E-state index contributed by atoms with van der Waals surface area (Å²) in [5, 5.41) is 0. The van der Waals surface area contributed by atoms with Crippen LogP contribution in [0.3, 0.4) is 0 Å². The number of benzene rings is 2. The molecule has 2 saturated heterocycles. The van der Waals surface area contributed by atoms with Crippen molar-refractivity contribution < 1.29 is 38.0 Å². The fourth-order valence-electron chi connectivity index (χ4n) is 2.70. The Hall–Kier alpha value is -3.10. The normalized spacial score (nSPS) is 17.8. The summed E-state index contributed by atoms with van der Waals surface area (Å²) >= 11 is 0. The van der Waals surface area contributed by atoms with Crippen LogP contribution in [0.1, 0.15) is 31.4 Å². The first-order chi connectivity index (χ1) is 16.1. The molecule has 2 heterocycles. The molecule has 0 aromatic heterocycles. The van der Waals surface area contributed by atoms with Crippen LogP contribution in [0.15, 0.2) is 48.5 Å². The van der Waals surface area contributed by atoms with Crippen LogP contribution in [0.2, 0.25) is 0 Å². The van der Waals surface area contributed by atoms with E-state index < -0.39 is 18.4 Å². The van der Waals surface area contributed by atoms with Crippen LogP contribution in [-0.2, 0) is 41.8 Å². The molecule has 33 heavy (non-hydrogen) atoms. The highest BCUT2D eigenvalue weighted by molar-refractivity contribution is 5.91. The second-order valence-corrected chi connectivity index (χ2v) is 7.33. The molecule has 0 aliphatic carbocycles. The third-order valence-electron chi connectivity index (χ3n) is 4.56. The topological polar surface area (TPSA) is 96.1 Å². The third kappa shape index (κ3) is 9.51. The van der Waals surface area contributed by atoms with Gasteiger partial charge in [-0.15, -0.1) is 0 Å². The Morgan fingerprint density at radius 3 is 1.61 bits per heavy atom. The van der Waals surface area contributed by atoms with Crippen molar-refractivity contribution in [1.29, 1.82) is 0 Å². The number of rotatable bonds is 12. The number of hydrogen-bond donors (Lipinski definition) is 0. The monoisotopic (exact) mass is 458 g/mol. The molecule has 2 aliphatic rings. The molecule has 0 N–H and O–H groups in total. The van der Waals surface area contributed by atoms with Gasteiger partial charge in [0.15, 0.2) is 0 Å². The molecule has 2 fully saturated rings. The first kappa shape index (κ1) is 24.5. The second kappa shape index (κ2) is 12.8. The van der Waals surface area contributed by atoms with E-state index in [4.69, 9.17) is 28.4 Å². The van der Waals surface area contributed by atoms with E-state index in [2.05, 4.69) is 0 Å². The van der Waals surface area contributed by atoms with Gasteiger partial charge in [-0.3, -0.25) is 9.59 Å². The van der Waals surface area contributed by atoms with E-state index in [0.29, 0.717) is 24.7 Å². The zero-order valence-corrected chi connectivity index (χ0v) is 19.0. The molecule has 2 aliphatic heterocycles. The van der Waals surface area contributed by atoms with Crippen LogP contribution >= 0.6 is 0 Å². The minimum atomic E-state index is -0.649. The maximum absolute atomic E-state index is 12.0. The summed E-state index contributed by atoms with van der Waals surface area (Å²) in [4.78, 5) is 23.9. The molecule has 178 valence electrons. The molecule has 0 bridgehead atoms. The smallest absolute Gasteiger partial charge is 0.317 e. The molecule has 4 rings (SSSR count). The van der Waals surface area contributed by atoms with Crippen molar-refractivity contribution in [2.45, 2.75) is 45.7 Å². The van der Waals surface area contributed by atoms with Crippen molar-refractivity contribution in [3.63, 3.8) is 0 Å². The van der Waals surface area contributed by atoms with Crippen molar-refractivity contribution in [3.05, 3.63) is 59.7 Å². The number of esters is 2. The number of carbonyl (C=O) groups is 2. The molecule has 8 heteroatoms. The average molecular weight is 459 g/mol. The van der Waals surface area contributed by atoms with E-state index in [1.807, 2.05) is 50.2 Å². The van der Waals surface area contributed by atoms with Crippen LogP contribution in [0.5, 0.6) is 11.5 Å². The maximum atomic E-state index is 12.0. The molecular weight excluding hydrogens is 428 g/mol. The standard InChI is InChI=1S/C23H24O8.C2H6/c24-22(30-10-16-3-1-5-18(7-16)26-12-20-14-28-20)9-23(25)31-11-17-4-2-6-19(8-17)27-13-21-15-29-21;1-2/h1-8,20-21H,9-15H2;1-2H3. The molecule has 0 radical (unpaired) electrons. The van der Waals surface area contributed by atoms with Crippen LogP contribution in [0.4, 0.5) is 0 Å². The van der Waals surface area contributed by atoms with Crippen LogP contribution < -0.4 is 9.47 Å². The van der Waals surface area contributed by atoms with Crippen LogP contribution in [0, 0.1) is 0 Å². The number of hydrogen-bond acceptors (Lipinski definition) is 8. The van der Waals surface area contributed by atoms with Gasteiger partial charge < -0.3 is 28.4 Å². The van der Waals surface area contributed by atoms with Gasteiger partial charge in [-0.25, -0.2) is 0 Å². The Bertz CT molecular complexity index is 831. The number of carbonyl (C=O) groups excluding carboxylic acids is 2. The highest BCUT2D eigenvalue weighted by Crippen LogP contribution is 2.18.